The van der Waals surface area contributed by atoms with Crippen molar-refractivity contribution >= 4 is 11.8 Å². The molecule has 0 fully saturated rings. The molecule has 0 atom stereocenters. The van der Waals surface area contributed by atoms with E-state index in [1.165, 1.54) is 0 Å². The number of nitrogens with zero attached hydrogens (tertiary/aromatic N) is 1. The summed E-state index contributed by atoms with van der Waals surface area (Å²) >= 11 is 0. The van der Waals surface area contributed by atoms with Gasteiger partial charge in [-0.25, -0.2) is 4.79 Å². The first kappa shape index (κ1) is 17.9. The van der Waals surface area contributed by atoms with Gasteiger partial charge in [-0.3, -0.25) is 4.79 Å². The molecular formula is C18H23NO3. The highest BCUT2D eigenvalue weighted by Gasteiger charge is 2.37. The Morgan fingerprint density at radius 1 is 1.18 bits per heavy atom. The van der Waals surface area contributed by atoms with E-state index in [1.807, 2.05) is 26.8 Å². The van der Waals surface area contributed by atoms with Gasteiger partial charge in [0, 0.05) is 5.41 Å². The van der Waals surface area contributed by atoms with Crippen LogP contribution >= 0.6 is 0 Å². The summed E-state index contributed by atoms with van der Waals surface area (Å²) in [7, 11) is 0. The van der Waals surface area contributed by atoms with Crippen molar-refractivity contribution in [2.45, 2.75) is 41.0 Å². The van der Waals surface area contributed by atoms with Crippen molar-refractivity contribution in [1.29, 1.82) is 5.26 Å². The van der Waals surface area contributed by atoms with Crippen LogP contribution in [0.4, 0.5) is 0 Å². The third-order valence-electron chi connectivity index (χ3n) is 3.31. The molecule has 4 nitrogen and oxygen atoms in total. The fraction of sp³-hybridized carbons (Fsp3) is 0.500. The quantitative estimate of drug-likeness (QED) is 0.780. The van der Waals surface area contributed by atoms with Gasteiger partial charge in [0.1, 0.15) is 12.4 Å². The van der Waals surface area contributed by atoms with Gasteiger partial charge in [0.15, 0.2) is 0 Å². The van der Waals surface area contributed by atoms with Gasteiger partial charge in [-0.2, -0.15) is 5.26 Å². The number of benzene rings is 1. The molecule has 4 heteroatoms. The molecule has 0 aliphatic carbocycles. The van der Waals surface area contributed by atoms with E-state index in [9.17, 15) is 9.59 Å². The summed E-state index contributed by atoms with van der Waals surface area (Å²) in [4.78, 5) is 24.5. The Labute approximate surface area is 132 Å². The van der Waals surface area contributed by atoms with Gasteiger partial charge in [-0.1, -0.05) is 32.9 Å². The van der Waals surface area contributed by atoms with Crippen LogP contribution in [-0.2, 0) is 16.0 Å². The molecular weight excluding hydrogens is 278 g/mol. The van der Waals surface area contributed by atoms with Crippen LogP contribution in [-0.4, -0.2) is 18.4 Å². The first-order valence-electron chi connectivity index (χ1n) is 7.26. The first-order chi connectivity index (χ1) is 10.1. The number of hydrogen-bond acceptors (Lipinski definition) is 4. The Morgan fingerprint density at radius 2 is 1.82 bits per heavy atom. The number of carbonyl (C=O) groups excluding carboxylic acids is 2. The summed E-state index contributed by atoms with van der Waals surface area (Å²) in [6.07, 6.45) is 0.245. The minimum Gasteiger partial charge on any atom is -0.461 e. The molecule has 1 rings (SSSR count). The normalized spacial score (nSPS) is 11.6. The van der Waals surface area contributed by atoms with Gasteiger partial charge in [0.2, 0.25) is 0 Å². The highest BCUT2D eigenvalue weighted by atomic mass is 16.5. The Balaban J connectivity index is 2.76. The lowest BCUT2D eigenvalue weighted by molar-refractivity contribution is -0.137. The van der Waals surface area contributed by atoms with Crippen molar-refractivity contribution < 1.29 is 14.3 Å². The van der Waals surface area contributed by atoms with E-state index in [0.29, 0.717) is 5.56 Å². The molecule has 0 amide bonds. The first-order valence-corrected chi connectivity index (χ1v) is 7.26. The number of ether oxygens (including phenoxy) is 1. The largest absolute Gasteiger partial charge is 0.461 e. The van der Waals surface area contributed by atoms with E-state index in [0.717, 1.165) is 5.56 Å². The average molecular weight is 301 g/mol. The molecule has 0 bridgehead atoms. The van der Waals surface area contributed by atoms with E-state index < -0.39 is 16.8 Å². The van der Waals surface area contributed by atoms with Crippen LogP contribution in [0.5, 0.6) is 0 Å². The molecule has 0 unspecified atom stereocenters. The van der Waals surface area contributed by atoms with Crippen molar-refractivity contribution in [2.75, 3.05) is 6.61 Å². The topological polar surface area (TPSA) is 67.2 Å². The maximum atomic E-state index is 12.3. The van der Waals surface area contributed by atoms with Gasteiger partial charge < -0.3 is 4.74 Å². The fourth-order valence-electron chi connectivity index (χ4n) is 2.31. The van der Waals surface area contributed by atoms with Crippen LogP contribution < -0.4 is 0 Å². The van der Waals surface area contributed by atoms with E-state index in [1.54, 1.807) is 38.1 Å². The Hall–Kier alpha value is -2.15. The molecule has 0 N–H and O–H groups in total. The summed E-state index contributed by atoms with van der Waals surface area (Å²) in [6, 6.07) is 8.83. The minimum atomic E-state index is -0.738. The summed E-state index contributed by atoms with van der Waals surface area (Å²) in [5.41, 5.74) is -0.0606. The second-order valence-electron chi connectivity index (χ2n) is 7.07. The zero-order chi connectivity index (χ0) is 17.0. The number of carbonyl (C=O) groups is 2. The molecule has 22 heavy (non-hydrogen) atoms. The van der Waals surface area contributed by atoms with Gasteiger partial charge in [-0.05, 0) is 31.5 Å². The molecule has 0 radical (unpaired) electrons. The third-order valence-corrected chi connectivity index (χ3v) is 3.31. The lowest BCUT2D eigenvalue weighted by atomic mass is 9.75. The van der Waals surface area contributed by atoms with Crippen LogP contribution in [0.1, 0.15) is 50.5 Å². The fourth-order valence-corrected chi connectivity index (χ4v) is 2.31. The minimum absolute atomic E-state index is 0.0322. The summed E-state index contributed by atoms with van der Waals surface area (Å²) in [5, 5.41) is 8.69. The number of Topliss-reactive ketones (excluding diaryl/α,β-unsaturated/α-hetero) is 1. The molecule has 0 aliphatic heterocycles. The zero-order valence-corrected chi connectivity index (χ0v) is 13.9. The highest BCUT2D eigenvalue weighted by Crippen LogP contribution is 2.29. The second-order valence-corrected chi connectivity index (χ2v) is 7.07. The second kappa shape index (κ2) is 6.74. The number of esters is 1. The van der Waals surface area contributed by atoms with Crippen LogP contribution in [0.2, 0.25) is 0 Å². The summed E-state index contributed by atoms with van der Waals surface area (Å²) in [5.74, 6) is -0.430. The predicted octanol–water partition coefficient (Wildman–Crippen LogP) is 3.55. The molecule has 118 valence electrons. The van der Waals surface area contributed by atoms with E-state index >= 15 is 0 Å². The molecule has 1 aromatic carbocycles. The zero-order valence-electron chi connectivity index (χ0n) is 13.9. The van der Waals surface area contributed by atoms with Crippen molar-refractivity contribution in [3.8, 4) is 6.07 Å². The molecule has 0 aromatic heterocycles. The van der Waals surface area contributed by atoms with Gasteiger partial charge in [0.05, 0.1) is 23.5 Å². The number of hydrogen-bond donors (Lipinski definition) is 0. The average Bonchev–Trinajstić information content (AvgIpc) is 2.43. The monoisotopic (exact) mass is 301 g/mol. The number of rotatable bonds is 5. The van der Waals surface area contributed by atoms with Crippen molar-refractivity contribution in [1.82, 2.24) is 0 Å². The number of ketones is 1. The van der Waals surface area contributed by atoms with Gasteiger partial charge >= 0.3 is 5.97 Å². The van der Waals surface area contributed by atoms with Crippen LogP contribution in [0.25, 0.3) is 0 Å². The lowest BCUT2D eigenvalue weighted by Crippen LogP contribution is -2.38. The molecule has 1 aromatic rings. The molecule has 0 aliphatic rings. The predicted molar refractivity (Wildman–Crippen MR) is 84.3 cm³/mol. The molecule has 0 heterocycles. The summed E-state index contributed by atoms with van der Waals surface area (Å²) in [6.45, 7) is 9.14. The maximum absolute atomic E-state index is 12.3. The molecule has 0 spiro atoms. The molecule has 0 saturated heterocycles. The third kappa shape index (κ3) is 4.70. The SMILES string of the molecule is CC(C)(C)C(=O)C(C)(C)COC(=O)c1cccc(CC#N)c1. The van der Waals surface area contributed by atoms with E-state index in [4.69, 9.17) is 10.00 Å². The maximum Gasteiger partial charge on any atom is 0.338 e. The standard InChI is InChI=1S/C18H23NO3/c1-17(2,3)16(21)18(4,5)12-22-15(20)14-8-6-7-13(11-14)9-10-19/h6-8,11H,9,12H2,1-5H3. The number of nitriles is 1. The van der Waals surface area contributed by atoms with Gasteiger partial charge in [0.25, 0.3) is 0 Å². The van der Waals surface area contributed by atoms with E-state index in [-0.39, 0.29) is 18.8 Å². The summed E-state index contributed by atoms with van der Waals surface area (Å²) < 4.78 is 5.30. The Morgan fingerprint density at radius 3 is 2.36 bits per heavy atom. The van der Waals surface area contributed by atoms with Crippen molar-refractivity contribution in [2.24, 2.45) is 10.8 Å². The van der Waals surface area contributed by atoms with Crippen LogP contribution in [0.15, 0.2) is 24.3 Å². The van der Waals surface area contributed by atoms with Crippen molar-refractivity contribution in [3.05, 3.63) is 35.4 Å². The van der Waals surface area contributed by atoms with Crippen LogP contribution in [0.3, 0.4) is 0 Å². The highest BCUT2D eigenvalue weighted by molar-refractivity contribution is 5.91. The van der Waals surface area contributed by atoms with E-state index in [2.05, 4.69) is 0 Å². The van der Waals surface area contributed by atoms with Crippen LogP contribution in [0, 0.1) is 22.2 Å². The smallest absolute Gasteiger partial charge is 0.338 e. The van der Waals surface area contributed by atoms with Crippen molar-refractivity contribution in [3.63, 3.8) is 0 Å². The lowest BCUT2D eigenvalue weighted by Gasteiger charge is -2.30. The molecule has 0 saturated carbocycles. The Bertz CT molecular complexity index is 603. The Kier molecular flexibility index (Phi) is 5.48. The van der Waals surface area contributed by atoms with Gasteiger partial charge in [-0.15, -0.1) is 0 Å².